The smallest absolute Gasteiger partial charge is 0.345 e. The van der Waals surface area contributed by atoms with Gasteiger partial charge in [-0.25, -0.2) is 9.59 Å². The minimum absolute atomic E-state index is 0.0911. The number of carbonyl (C=O) groups excluding carboxylic acids is 4. The molecule has 172 valence electrons. The number of nitrogens with two attached hydrogens (primary N) is 1. The van der Waals surface area contributed by atoms with Crippen LogP contribution in [0.25, 0.3) is 0 Å². The van der Waals surface area contributed by atoms with E-state index in [4.69, 9.17) is 20.7 Å². The van der Waals surface area contributed by atoms with E-state index in [1.54, 1.807) is 5.32 Å². The highest BCUT2D eigenvalue weighted by molar-refractivity contribution is 5.97. The van der Waals surface area contributed by atoms with Crippen molar-refractivity contribution in [3.8, 4) is 0 Å². The molecule has 5 atom stereocenters. The SMILES string of the molecule is N[C@@](CC(=O)O)(NC(=O)CNC(=O)[C@H]1O[C@@H](N2CCC(=O)NC2=O)[C@@H](O)[C@H]1O)C(=O)O. The normalized spacial score (nSPS) is 27.8. The Morgan fingerprint density at radius 1 is 1.19 bits per heavy atom. The third kappa shape index (κ3) is 5.43. The van der Waals surface area contributed by atoms with Crippen molar-refractivity contribution in [3.63, 3.8) is 0 Å². The number of amides is 5. The number of rotatable bonds is 8. The molecule has 9 N–H and O–H groups in total. The number of hydrogen-bond donors (Lipinski definition) is 8. The molecule has 0 aromatic carbocycles. The van der Waals surface area contributed by atoms with Gasteiger partial charge in [0.05, 0.1) is 13.0 Å². The molecule has 2 heterocycles. The number of carboxylic acid groups (broad SMARTS) is 2. The van der Waals surface area contributed by atoms with Crippen LogP contribution in [0.5, 0.6) is 0 Å². The van der Waals surface area contributed by atoms with Crippen LogP contribution >= 0.6 is 0 Å². The van der Waals surface area contributed by atoms with Crippen LogP contribution in [-0.4, -0.2) is 104 Å². The fourth-order valence-electron chi connectivity index (χ4n) is 2.93. The molecule has 0 bridgehead atoms. The van der Waals surface area contributed by atoms with Gasteiger partial charge in [0.1, 0.15) is 12.2 Å². The third-order valence-corrected chi connectivity index (χ3v) is 4.49. The molecule has 0 aromatic rings. The second kappa shape index (κ2) is 9.21. The van der Waals surface area contributed by atoms with Gasteiger partial charge >= 0.3 is 18.0 Å². The zero-order chi connectivity index (χ0) is 23.5. The van der Waals surface area contributed by atoms with E-state index in [2.05, 4.69) is 0 Å². The van der Waals surface area contributed by atoms with Crippen molar-refractivity contribution in [2.45, 2.75) is 43.0 Å². The van der Waals surface area contributed by atoms with Gasteiger partial charge in [0, 0.05) is 13.0 Å². The Hall–Kier alpha value is -3.34. The Kier molecular flexibility index (Phi) is 7.11. The van der Waals surface area contributed by atoms with Crippen LogP contribution in [0.15, 0.2) is 0 Å². The maximum absolute atomic E-state index is 12.2. The summed E-state index contributed by atoms with van der Waals surface area (Å²) in [4.78, 5) is 70.0. The summed E-state index contributed by atoms with van der Waals surface area (Å²) in [6.07, 6.45) is -7.89. The van der Waals surface area contributed by atoms with E-state index in [1.165, 1.54) is 0 Å². The van der Waals surface area contributed by atoms with Crippen LogP contribution in [-0.2, 0) is 28.7 Å². The Morgan fingerprint density at radius 2 is 1.84 bits per heavy atom. The molecule has 2 fully saturated rings. The van der Waals surface area contributed by atoms with Crippen molar-refractivity contribution < 1.29 is 53.9 Å². The van der Waals surface area contributed by atoms with Gasteiger partial charge in [0.25, 0.3) is 5.91 Å². The van der Waals surface area contributed by atoms with Crippen molar-refractivity contribution in [2.75, 3.05) is 13.1 Å². The summed E-state index contributed by atoms with van der Waals surface area (Å²) in [5.41, 5.74) is 2.72. The molecule has 31 heavy (non-hydrogen) atoms. The third-order valence-electron chi connectivity index (χ3n) is 4.49. The molecular formula is C15H21N5O11. The molecule has 0 aliphatic carbocycles. The predicted octanol–water partition coefficient (Wildman–Crippen LogP) is -5.18. The largest absolute Gasteiger partial charge is 0.481 e. The van der Waals surface area contributed by atoms with Crippen molar-refractivity contribution in [1.29, 1.82) is 0 Å². The zero-order valence-corrected chi connectivity index (χ0v) is 15.8. The number of aliphatic hydroxyl groups excluding tert-OH is 2. The van der Waals surface area contributed by atoms with Gasteiger partial charge in [-0.2, -0.15) is 0 Å². The highest BCUT2D eigenvalue weighted by Gasteiger charge is 2.50. The first-order valence-corrected chi connectivity index (χ1v) is 8.80. The molecule has 0 unspecified atom stereocenters. The Balaban J connectivity index is 1.95. The van der Waals surface area contributed by atoms with Gasteiger partial charge < -0.3 is 35.8 Å². The van der Waals surface area contributed by atoms with Gasteiger partial charge in [-0.3, -0.25) is 35.1 Å². The first-order chi connectivity index (χ1) is 14.4. The van der Waals surface area contributed by atoms with Gasteiger partial charge in [-0.05, 0) is 0 Å². The molecule has 2 aliphatic rings. The molecule has 2 saturated heterocycles. The molecule has 0 aromatic heterocycles. The molecule has 0 saturated carbocycles. The number of nitrogens with one attached hydrogen (secondary N) is 3. The van der Waals surface area contributed by atoms with Crippen molar-refractivity contribution in [1.82, 2.24) is 20.9 Å². The van der Waals surface area contributed by atoms with E-state index in [9.17, 15) is 39.0 Å². The topological polar surface area (TPSA) is 258 Å². The quantitative estimate of drug-likeness (QED) is 0.162. The van der Waals surface area contributed by atoms with E-state index in [1.807, 2.05) is 10.6 Å². The van der Waals surface area contributed by atoms with Crippen molar-refractivity contribution in [3.05, 3.63) is 0 Å². The predicted molar refractivity (Wildman–Crippen MR) is 93.5 cm³/mol. The van der Waals surface area contributed by atoms with Gasteiger partial charge in [-0.15, -0.1) is 0 Å². The highest BCUT2D eigenvalue weighted by atomic mass is 16.6. The van der Waals surface area contributed by atoms with Crippen LogP contribution in [0.2, 0.25) is 0 Å². The summed E-state index contributed by atoms with van der Waals surface area (Å²) in [6.45, 7) is -0.996. The number of nitrogens with zero attached hydrogens (tertiary/aromatic N) is 1. The lowest BCUT2D eigenvalue weighted by Gasteiger charge is -2.32. The number of carboxylic acids is 2. The maximum atomic E-state index is 12.2. The molecule has 5 amide bonds. The van der Waals surface area contributed by atoms with E-state index in [0.717, 1.165) is 4.90 Å². The molecule has 16 heteroatoms. The number of urea groups is 1. The standard InChI is InChI=1S/C15H21N5O11/c16-15(13(28)29,3-7(23)24)19-6(22)4-17-11(27)10-8(25)9(26)12(31-10)20-2-1-5(21)18-14(20)30/h8-10,12,25-26H,1-4,16H2,(H,17,27)(H,19,22)(H,23,24)(H,28,29)(H,18,21,30)/t8-,9+,10+,12-,15+/m1/s1. The number of ether oxygens (including phenoxy) is 1. The fourth-order valence-corrected chi connectivity index (χ4v) is 2.93. The Morgan fingerprint density at radius 3 is 2.39 bits per heavy atom. The number of hydrogen-bond acceptors (Lipinski definition) is 10. The van der Waals surface area contributed by atoms with E-state index in [-0.39, 0.29) is 13.0 Å². The maximum Gasteiger partial charge on any atom is 0.345 e. The Bertz CT molecular complexity index is 804. The molecule has 0 spiro atoms. The number of imide groups is 1. The Labute approximate surface area is 173 Å². The van der Waals surface area contributed by atoms with Crippen LogP contribution in [0.4, 0.5) is 4.79 Å². The zero-order valence-electron chi connectivity index (χ0n) is 15.8. The average Bonchev–Trinajstić information content (AvgIpc) is 2.94. The highest BCUT2D eigenvalue weighted by Crippen LogP contribution is 2.25. The van der Waals surface area contributed by atoms with Gasteiger partial charge in [0.15, 0.2) is 18.0 Å². The van der Waals surface area contributed by atoms with Crippen molar-refractivity contribution >= 4 is 35.7 Å². The second-order valence-electron chi connectivity index (χ2n) is 6.84. The molecule has 16 nitrogen and oxygen atoms in total. The summed E-state index contributed by atoms with van der Waals surface area (Å²) in [7, 11) is 0. The average molecular weight is 447 g/mol. The van der Waals surface area contributed by atoms with E-state index >= 15 is 0 Å². The lowest BCUT2D eigenvalue weighted by atomic mass is 10.1. The monoisotopic (exact) mass is 447 g/mol. The molecule has 2 rings (SSSR count). The number of aliphatic carboxylic acids is 2. The van der Waals surface area contributed by atoms with Crippen LogP contribution < -0.4 is 21.7 Å². The van der Waals surface area contributed by atoms with Gasteiger partial charge in [0.2, 0.25) is 11.8 Å². The van der Waals surface area contributed by atoms with E-state index < -0.39 is 78.9 Å². The molecule has 0 radical (unpaired) electrons. The lowest BCUT2D eigenvalue weighted by Crippen LogP contribution is -2.64. The van der Waals surface area contributed by atoms with Gasteiger partial charge in [-0.1, -0.05) is 0 Å². The van der Waals surface area contributed by atoms with E-state index in [0.29, 0.717) is 0 Å². The summed E-state index contributed by atoms with van der Waals surface area (Å²) in [5.74, 6) is -6.21. The van der Waals surface area contributed by atoms with Crippen LogP contribution in [0.3, 0.4) is 0 Å². The minimum Gasteiger partial charge on any atom is -0.481 e. The first-order valence-electron chi connectivity index (χ1n) is 8.80. The molecular weight excluding hydrogens is 426 g/mol. The fraction of sp³-hybridized carbons (Fsp3) is 0.600. The molecule has 2 aliphatic heterocycles. The van der Waals surface area contributed by atoms with Crippen LogP contribution in [0.1, 0.15) is 12.8 Å². The summed E-state index contributed by atoms with van der Waals surface area (Å²) >= 11 is 0. The minimum atomic E-state index is -2.63. The summed E-state index contributed by atoms with van der Waals surface area (Å²) < 4.78 is 5.23. The van der Waals surface area contributed by atoms with Crippen LogP contribution in [0, 0.1) is 0 Å². The summed E-state index contributed by atoms with van der Waals surface area (Å²) in [6, 6.07) is -0.890. The van der Waals surface area contributed by atoms with Crippen molar-refractivity contribution in [2.24, 2.45) is 5.73 Å². The lowest BCUT2D eigenvalue weighted by molar-refractivity contribution is -0.153. The second-order valence-corrected chi connectivity index (χ2v) is 6.84. The summed E-state index contributed by atoms with van der Waals surface area (Å²) in [5, 5.41) is 43.7. The number of carbonyl (C=O) groups is 6. The first kappa shape index (κ1) is 23.9. The number of aliphatic hydroxyl groups is 2.